The van der Waals surface area contributed by atoms with Gasteiger partial charge in [-0.1, -0.05) is 12.1 Å². The lowest BCUT2D eigenvalue weighted by Gasteiger charge is -2.07. The molecule has 1 aromatic carbocycles. The third-order valence-electron chi connectivity index (χ3n) is 3.89. The standard InChI is InChI=1S/C17H15FN2O3/c1-20-9-14(16(22)17(20)23)15(21)13-8-19-7-11(13)6-10-2-4-12(18)5-3-10/h2-5,7-8,19,21H,6,9H2,1H3. The Morgan fingerprint density at radius 2 is 1.96 bits per heavy atom. The molecule has 0 radical (unpaired) electrons. The fourth-order valence-corrected chi connectivity index (χ4v) is 2.61. The molecule has 1 amide bonds. The highest BCUT2D eigenvalue weighted by atomic mass is 19.1. The highest BCUT2D eigenvalue weighted by molar-refractivity contribution is 6.46. The van der Waals surface area contributed by atoms with Gasteiger partial charge in [0.15, 0.2) is 0 Å². The first-order chi connectivity index (χ1) is 11.0. The number of H-pyrrole nitrogens is 1. The van der Waals surface area contributed by atoms with Crippen LogP contribution in [0.5, 0.6) is 0 Å². The van der Waals surface area contributed by atoms with Gasteiger partial charge in [-0.15, -0.1) is 0 Å². The Hall–Kier alpha value is -2.89. The van der Waals surface area contributed by atoms with Crippen molar-refractivity contribution >= 4 is 17.4 Å². The van der Waals surface area contributed by atoms with Crippen molar-refractivity contribution in [2.75, 3.05) is 13.6 Å². The summed E-state index contributed by atoms with van der Waals surface area (Å²) in [6.45, 7) is 0.0880. The van der Waals surface area contributed by atoms with Crippen LogP contribution in [0, 0.1) is 5.82 Å². The second-order valence-electron chi connectivity index (χ2n) is 5.51. The summed E-state index contributed by atoms with van der Waals surface area (Å²) in [4.78, 5) is 27.6. The van der Waals surface area contributed by atoms with Crippen LogP contribution in [0.2, 0.25) is 0 Å². The number of Topliss-reactive ketones (excluding diaryl/α,β-unsaturated/α-hetero) is 1. The molecule has 0 unspecified atom stereocenters. The van der Waals surface area contributed by atoms with E-state index in [-0.39, 0.29) is 23.7 Å². The highest BCUT2D eigenvalue weighted by Crippen LogP contribution is 2.26. The van der Waals surface area contributed by atoms with Gasteiger partial charge in [0, 0.05) is 25.0 Å². The van der Waals surface area contributed by atoms with Crippen LogP contribution in [0.1, 0.15) is 16.7 Å². The third-order valence-corrected chi connectivity index (χ3v) is 3.89. The molecule has 2 N–H and O–H groups in total. The van der Waals surface area contributed by atoms with E-state index >= 15 is 0 Å². The lowest BCUT2D eigenvalue weighted by molar-refractivity contribution is -0.138. The molecule has 6 heteroatoms. The van der Waals surface area contributed by atoms with E-state index < -0.39 is 11.7 Å². The maximum absolute atomic E-state index is 13.0. The molecule has 2 aromatic rings. The number of carbonyl (C=O) groups excluding carboxylic acids is 2. The number of halogens is 1. The molecule has 5 nitrogen and oxygen atoms in total. The number of aliphatic hydroxyl groups is 1. The number of hydrogen-bond donors (Lipinski definition) is 2. The number of aliphatic hydroxyl groups excluding tert-OH is 1. The second-order valence-corrected chi connectivity index (χ2v) is 5.51. The Morgan fingerprint density at radius 1 is 1.26 bits per heavy atom. The van der Waals surface area contributed by atoms with Crippen LogP contribution in [0.4, 0.5) is 4.39 Å². The number of aromatic amines is 1. The van der Waals surface area contributed by atoms with Gasteiger partial charge in [-0.2, -0.15) is 0 Å². The lowest BCUT2D eigenvalue weighted by Crippen LogP contribution is -2.22. The van der Waals surface area contributed by atoms with E-state index in [1.165, 1.54) is 24.1 Å². The summed E-state index contributed by atoms with van der Waals surface area (Å²) >= 11 is 0. The number of ketones is 1. The Morgan fingerprint density at radius 3 is 2.57 bits per heavy atom. The summed E-state index contributed by atoms with van der Waals surface area (Å²) < 4.78 is 13.0. The molecule has 1 aliphatic rings. The van der Waals surface area contributed by atoms with E-state index in [0.29, 0.717) is 12.0 Å². The third kappa shape index (κ3) is 2.75. The minimum Gasteiger partial charge on any atom is -0.507 e. The van der Waals surface area contributed by atoms with Crippen LogP contribution in [0.25, 0.3) is 5.76 Å². The Bertz CT molecular complexity index is 806. The molecule has 1 fully saturated rings. The SMILES string of the molecule is CN1CC(=C(O)c2c[nH]cc2Cc2ccc(F)cc2)C(=O)C1=O. The average Bonchev–Trinajstić information content (AvgIpc) is 3.09. The van der Waals surface area contributed by atoms with Crippen LogP contribution in [0.15, 0.2) is 42.2 Å². The summed E-state index contributed by atoms with van der Waals surface area (Å²) in [5.41, 5.74) is 2.20. The number of rotatable bonds is 3. The van der Waals surface area contributed by atoms with E-state index in [1.54, 1.807) is 24.5 Å². The topological polar surface area (TPSA) is 73.4 Å². The van der Waals surface area contributed by atoms with Gasteiger partial charge in [-0.25, -0.2) is 4.39 Å². The summed E-state index contributed by atoms with van der Waals surface area (Å²) in [6, 6.07) is 6.06. The number of nitrogens with one attached hydrogen (secondary N) is 1. The number of likely N-dealkylation sites (N-methyl/N-ethyl adjacent to an activating group) is 1. The van der Waals surface area contributed by atoms with Crippen molar-refractivity contribution in [3.05, 3.63) is 64.7 Å². The number of carbonyl (C=O) groups is 2. The predicted octanol–water partition coefficient (Wildman–Crippen LogP) is 2.05. The minimum absolute atomic E-state index is 0.0880. The largest absolute Gasteiger partial charge is 0.507 e. The first kappa shape index (κ1) is 15.0. The van der Waals surface area contributed by atoms with Gasteiger partial charge in [-0.3, -0.25) is 9.59 Å². The van der Waals surface area contributed by atoms with Crippen molar-refractivity contribution in [3.63, 3.8) is 0 Å². The molecular formula is C17H15FN2O3. The first-order valence-corrected chi connectivity index (χ1v) is 7.09. The number of benzene rings is 1. The molecule has 2 heterocycles. The molecule has 1 saturated heterocycles. The summed E-state index contributed by atoms with van der Waals surface area (Å²) in [5.74, 6) is -1.81. The van der Waals surface area contributed by atoms with Crippen molar-refractivity contribution in [2.24, 2.45) is 0 Å². The van der Waals surface area contributed by atoms with Gasteiger partial charge in [0.2, 0.25) is 0 Å². The molecule has 0 aliphatic carbocycles. The van der Waals surface area contributed by atoms with Gasteiger partial charge in [0.1, 0.15) is 11.6 Å². The molecule has 3 rings (SSSR count). The molecule has 1 aliphatic heterocycles. The van der Waals surface area contributed by atoms with Gasteiger partial charge < -0.3 is 15.0 Å². The Kier molecular flexibility index (Phi) is 3.73. The molecular weight excluding hydrogens is 299 g/mol. The van der Waals surface area contributed by atoms with E-state index in [2.05, 4.69) is 4.98 Å². The van der Waals surface area contributed by atoms with Crippen LogP contribution in [0.3, 0.4) is 0 Å². The number of hydrogen-bond acceptors (Lipinski definition) is 3. The quantitative estimate of drug-likeness (QED) is 0.517. The van der Waals surface area contributed by atoms with Crippen LogP contribution < -0.4 is 0 Å². The van der Waals surface area contributed by atoms with Crippen molar-refractivity contribution in [1.82, 2.24) is 9.88 Å². The van der Waals surface area contributed by atoms with Crippen molar-refractivity contribution in [2.45, 2.75) is 6.42 Å². The second kappa shape index (κ2) is 5.72. The summed E-state index contributed by atoms with van der Waals surface area (Å²) in [6.07, 6.45) is 3.76. The van der Waals surface area contributed by atoms with Gasteiger partial charge in [0.05, 0.1) is 12.1 Å². The highest BCUT2D eigenvalue weighted by Gasteiger charge is 2.35. The van der Waals surface area contributed by atoms with E-state index in [1.807, 2.05) is 0 Å². The zero-order chi connectivity index (χ0) is 16.6. The Balaban J connectivity index is 1.93. The zero-order valence-corrected chi connectivity index (χ0v) is 12.5. The Labute approximate surface area is 132 Å². The summed E-state index contributed by atoms with van der Waals surface area (Å²) in [5, 5.41) is 10.4. The number of aromatic nitrogens is 1. The predicted molar refractivity (Wildman–Crippen MR) is 82.2 cm³/mol. The maximum atomic E-state index is 13.0. The van der Waals surface area contributed by atoms with Crippen molar-refractivity contribution in [3.8, 4) is 0 Å². The summed E-state index contributed by atoms with van der Waals surface area (Å²) in [7, 11) is 1.51. The van der Waals surface area contributed by atoms with Gasteiger partial charge in [-0.05, 0) is 29.7 Å². The van der Waals surface area contributed by atoms with Crippen LogP contribution in [-0.4, -0.2) is 40.3 Å². The van der Waals surface area contributed by atoms with Crippen molar-refractivity contribution < 1.29 is 19.1 Å². The molecule has 118 valence electrons. The number of amides is 1. The maximum Gasteiger partial charge on any atom is 0.294 e. The van der Waals surface area contributed by atoms with Crippen molar-refractivity contribution in [1.29, 1.82) is 0 Å². The van der Waals surface area contributed by atoms with Gasteiger partial charge in [0.25, 0.3) is 11.7 Å². The molecule has 0 atom stereocenters. The van der Waals surface area contributed by atoms with E-state index in [4.69, 9.17) is 0 Å². The van der Waals surface area contributed by atoms with Crippen LogP contribution >= 0.6 is 0 Å². The zero-order valence-electron chi connectivity index (χ0n) is 12.5. The fraction of sp³-hybridized carbons (Fsp3) is 0.176. The van der Waals surface area contributed by atoms with Gasteiger partial charge >= 0.3 is 0 Å². The monoisotopic (exact) mass is 314 g/mol. The number of likely N-dealkylation sites (tertiary alicyclic amines) is 1. The number of nitrogens with zero attached hydrogens (tertiary/aromatic N) is 1. The molecule has 0 spiro atoms. The average molecular weight is 314 g/mol. The fourth-order valence-electron chi connectivity index (χ4n) is 2.61. The smallest absolute Gasteiger partial charge is 0.294 e. The first-order valence-electron chi connectivity index (χ1n) is 7.09. The lowest BCUT2D eigenvalue weighted by atomic mass is 10.0. The molecule has 1 aromatic heterocycles. The van der Waals surface area contributed by atoms with E-state index in [9.17, 15) is 19.1 Å². The normalized spacial score (nSPS) is 17.0. The molecule has 0 saturated carbocycles. The molecule has 0 bridgehead atoms. The molecule has 23 heavy (non-hydrogen) atoms. The minimum atomic E-state index is -0.682. The van der Waals surface area contributed by atoms with E-state index in [0.717, 1.165) is 11.1 Å². The van der Waals surface area contributed by atoms with Crippen LogP contribution in [-0.2, 0) is 16.0 Å².